The highest BCUT2D eigenvalue weighted by Crippen LogP contribution is 2.23. The van der Waals surface area contributed by atoms with Crippen molar-refractivity contribution in [2.24, 2.45) is 0 Å². The van der Waals surface area contributed by atoms with Crippen LogP contribution in [0.25, 0.3) is 0 Å². The van der Waals surface area contributed by atoms with E-state index in [1.807, 2.05) is 30.3 Å². The third-order valence-electron chi connectivity index (χ3n) is 2.65. The molecule has 0 saturated heterocycles. The summed E-state index contributed by atoms with van der Waals surface area (Å²) in [5, 5.41) is 11.8. The molecule has 0 aliphatic heterocycles. The molecule has 0 unspecified atom stereocenters. The molecule has 100 valence electrons. The first kappa shape index (κ1) is 14.6. The Kier molecular flexibility index (Phi) is 4.78. The molecule has 0 saturated carbocycles. The van der Waals surface area contributed by atoms with Gasteiger partial charge in [-0.1, -0.05) is 39.7 Å². The molecule has 0 fully saturated rings. The van der Waals surface area contributed by atoms with E-state index in [2.05, 4.69) is 21.2 Å². The molecule has 1 amide bonds. The highest BCUT2D eigenvalue weighted by atomic mass is 79.9. The molecule has 0 atom stereocenters. The minimum Gasteiger partial charge on any atom is -0.324 e. The van der Waals surface area contributed by atoms with Gasteiger partial charge in [-0.2, -0.15) is 5.26 Å². The second-order valence-corrected chi connectivity index (χ2v) is 5.48. The van der Waals surface area contributed by atoms with Gasteiger partial charge in [0, 0.05) is 4.47 Å². The number of carbonyl (C=O) groups excluding carboxylic acids is 1. The lowest BCUT2D eigenvalue weighted by molar-refractivity contribution is -0.115. The Morgan fingerprint density at radius 1 is 1.25 bits per heavy atom. The molecule has 0 aliphatic carbocycles. The number of nitrogens with zero attached hydrogens (tertiary/aromatic N) is 1. The summed E-state index contributed by atoms with van der Waals surface area (Å²) in [4.78, 5) is 11.9. The van der Waals surface area contributed by atoms with E-state index in [4.69, 9.17) is 16.9 Å². The lowest BCUT2D eigenvalue weighted by atomic mass is 10.1. The van der Waals surface area contributed by atoms with E-state index in [0.29, 0.717) is 16.3 Å². The van der Waals surface area contributed by atoms with Crippen molar-refractivity contribution >= 4 is 39.1 Å². The minimum atomic E-state index is -0.154. The van der Waals surface area contributed by atoms with Gasteiger partial charge in [0.1, 0.15) is 0 Å². The van der Waals surface area contributed by atoms with Crippen molar-refractivity contribution in [3.05, 3.63) is 63.1 Å². The predicted molar refractivity (Wildman–Crippen MR) is 82.6 cm³/mol. The summed E-state index contributed by atoms with van der Waals surface area (Å²) in [6.45, 7) is 0. The molecule has 2 aromatic carbocycles. The van der Waals surface area contributed by atoms with E-state index in [-0.39, 0.29) is 12.3 Å². The van der Waals surface area contributed by atoms with Gasteiger partial charge in [-0.3, -0.25) is 4.79 Å². The van der Waals surface area contributed by atoms with Crippen molar-refractivity contribution in [3.8, 4) is 6.07 Å². The maximum absolute atomic E-state index is 11.9. The standard InChI is InChI=1S/C15H10BrClN2O/c16-12-4-1-10(2-5-12)8-15(20)19-14-6-3-11(9-18)7-13(14)17/h1-7H,8H2,(H,19,20). The predicted octanol–water partition coefficient (Wildman–Crippen LogP) is 4.16. The number of benzene rings is 2. The molecule has 0 radical (unpaired) electrons. The Morgan fingerprint density at radius 2 is 1.95 bits per heavy atom. The van der Waals surface area contributed by atoms with Crippen LogP contribution in [-0.4, -0.2) is 5.91 Å². The van der Waals surface area contributed by atoms with Crippen molar-refractivity contribution in [1.29, 1.82) is 5.26 Å². The number of rotatable bonds is 3. The van der Waals surface area contributed by atoms with Crippen LogP contribution in [0.3, 0.4) is 0 Å². The number of nitrogens with one attached hydrogen (secondary N) is 1. The van der Waals surface area contributed by atoms with Crippen molar-refractivity contribution in [3.63, 3.8) is 0 Å². The largest absolute Gasteiger partial charge is 0.324 e. The smallest absolute Gasteiger partial charge is 0.228 e. The van der Waals surface area contributed by atoms with Crippen molar-refractivity contribution in [2.45, 2.75) is 6.42 Å². The molecular formula is C15H10BrClN2O. The van der Waals surface area contributed by atoms with Gasteiger partial charge in [0.25, 0.3) is 0 Å². The third-order valence-corrected chi connectivity index (χ3v) is 3.49. The zero-order valence-corrected chi connectivity index (χ0v) is 12.7. The molecular weight excluding hydrogens is 340 g/mol. The molecule has 0 aromatic heterocycles. The van der Waals surface area contributed by atoms with Gasteiger partial charge in [-0.25, -0.2) is 0 Å². The molecule has 3 nitrogen and oxygen atoms in total. The Balaban J connectivity index is 2.05. The van der Waals surface area contributed by atoms with Crippen LogP contribution < -0.4 is 5.32 Å². The number of amides is 1. The fourth-order valence-electron chi connectivity index (χ4n) is 1.67. The second kappa shape index (κ2) is 6.56. The topological polar surface area (TPSA) is 52.9 Å². The maximum atomic E-state index is 11.9. The van der Waals surface area contributed by atoms with E-state index in [1.165, 1.54) is 6.07 Å². The number of hydrogen-bond donors (Lipinski definition) is 1. The fourth-order valence-corrected chi connectivity index (χ4v) is 2.16. The minimum absolute atomic E-state index is 0.154. The summed E-state index contributed by atoms with van der Waals surface area (Å²) in [6, 6.07) is 14.3. The molecule has 0 aliphatic rings. The number of anilines is 1. The van der Waals surface area contributed by atoms with Crippen LogP contribution in [0, 0.1) is 11.3 Å². The fraction of sp³-hybridized carbons (Fsp3) is 0.0667. The Morgan fingerprint density at radius 3 is 2.55 bits per heavy atom. The van der Waals surface area contributed by atoms with Crippen molar-refractivity contribution < 1.29 is 4.79 Å². The van der Waals surface area contributed by atoms with E-state index in [0.717, 1.165) is 10.0 Å². The highest BCUT2D eigenvalue weighted by molar-refractivity contribution is 9.10. The van der Waals surface area contributed by atoms with Gasteiger partial charge < -0.3 is 5.32 Å². The Hall–Kier alpha value is -1.83. The molecule has 1 N–H and O–H groups in total. The van der Waals surface area contributed by atoms with E-state index in [1.54, 1.807) is 12.1 Å². The Labute approximate surface area is 130 Å². The zero-order valence-electron chi connectivity index (χ0n) is 10.4. The van der Waals surface area contributed by atoms with Gasteiger partial charge in [0.05, 0.1) is 28.8 Å². The normalized spacial score (nSPS) is 9.85. The van der Waals surface area contributed by atoms with Gasteiger partial charge in [0.15, 0.2) is 0 Å². The van der Waals surface area contributed by atoms with Crippen LogP contribution in [0.2, 0.25) is 5.02 Å². The van der Waals surface area contributed by atoms with Crippen LogP contribution in [0.15, 0.2) is 46.9 Å². The summed E-state index contributed by atoms with van der Waals surface area (Å²) in [6.07, 6.45) is 0.267. The van der Waals surface area contributed by atoms with Crippen LogP contribution >= 0.6 is 27.5 Å². The Bertz CT molecular complexity index is 677. The molecule has 20 heavy (non-hydrogen) atoms. The average molecular weight is 350 g/mol. The van der Waals surface area contributed by atoms with Gasteiger partial charge in [0.2, 0.25) is 5.91 Å². The number of carbonyl (C=O) groups is 1. The summed E-state index contributed by atoms with van der Waals surface area (Å²) in [5.74, 6) is -0.154. The molecule has 0 heterocycles. The van der Waals surface area contributed by atoms with E-state index < -0.39 is 0 Å². The highest BCUT2D eigenvalue weighted by Gasteiger charge is 2.07. The monoisotopic (exact) mass is 348 g/mol. The lowest BCUT2D eigenvalue weighted by Gasteiger charge is -2.07. The van der Waals surface area contributed by atoms with Crippen molar-refractivity contribution in [1.82, 2.24) is 0 Å². The summed E-state index contributed by atoms with van der Waals surface area (Å²) < 4.78 is 0.969. The van der Waals surface area contributed by atoms with Gasteiger partial charge >= 0.3 is 0 Å². The SMILES string of the molecule is N#Cc1ccc(NC(=O)Cc2ccc(Br)cc2)c(Cl)c1. The molecule has 2 rings (SSSR count). The van der Waals surface area contributed by atoms with Crippen LogP contribution in [0.4, 0.5) is 5.69 Å². The van der Waals surface area contributed by atoms with E-state index >= 15 is 0 Å². The zero-order chi connectivity index (χ0) is 14.5. The van der Waals surface area contributed by atoms with Crippen LogP contribution in [-0.2, 0) is 11.2 Å². The van der Waals surface area contributed by atoms with Crippen LogP contribution in [0.5, 0.6) is 0 Å². The number of nitriles is 1. The molecule has 5 heteroatoms. The molecule has 0 bridgehead atoms. The first-order chi connectivity index (χ1) is 9.58. The number of hydrogen-bond acceptors (Lipinski definition) is 2. The summed E-state index contributed by atoms with van der Waals surface area (Å²) >= 11 is 9.35. The van der Waals surface area contributed by atoms with Crippen LogP contribution in [0.1, 0.15) is 11.1 Å². The maximum Gasteiger partial charge on any atom is 0.228 e. The van der Waals surface area contributed by atoms with Gasteiger partial charge in [-0.15, -0.1) is 0 Å². The molecule has 0 spiro atoms. The molecule has 2 aromatic rings. The lowest BCUT2D eigenvalue weighted by Crippen LogP contribution is -2.14. The second-order valence-electron chi connectivity index (χ2n) is 4.16. The first-order valence-electron chi connectivity index (χ1n) is 5.82. The summed E-state index contributed by atoms with van der Waals surface area (Å²) in [7, 11) is 0. The quantitative estimate of drug-likeness (QED) is 0.905. The summed E-state index contributed by atoms with van der Waals surface area (Å²) in [5.41, 5.74) is 1.88. The number of halogens is 2. The van der Waals surface area contributed by atoms with E-state index in [9.17, 15) is 4.79 Å². The average Bonchev–Trinajstić information content (AvgIpc) is 2.43. The van der Waals surface area contributed by atoms with Gasteiger partial charge in [-0.05, 0) is 35.9 Å². The first-order valence-corrected chi connectivity index (χ1v) is 6.99. The third kappa shape index (κ3) is 3.83. The van der Waals surface area contributed by atoms with Crippen molar-refractivity contribution in [2.75, 3.05) is 5.32 Å².